The van der Waals surface area contributed by atoms with Crippen LogP contribution in [0.4, 0.5) is 22.0 Å². The van der Waals surface area contributed by atoms with Gasteiger partial charge in [-0.15, -0.1) is 23.4 Å². The molecule has 1 N–H and O–H groups in total. The minimum atomic E-state index is -4.74. The summed E-state index contributed by atoms with van der Waals surface area (Å²) < 4.78 is 72.1. The summed E-state index contributed by atoms with van der Waals surface area (Å²) >= 11 is 0. The fraction of sp³-hybridized carbons (Fsp3) is 0.238. The molecule has 1 aliphatic heterocycles. The second-order valence-corrected chi connectivity index (χ2v) is 8.11. The van der Waals surface area contributed by atoms with Crippen LogP contribution in [0.1, 0.15) is 45.8 Å². The number of amides is 1. The van der Waals surface area contributed by atoms with E-state index in [-0.39, 0.29) is 39.6 Å². The zero-order chi connectivity index (χ0) is 25.9. The molecule has 0 aromatic carbocycles. The van der Waals surface area contributed by atoms with E-state index in [2.05, 4.69) is 30.4 Å². The Morgan fingerprint density at radius 3 is 2.76 bits per heavy atom. The van der Waals surface area contributed by atoms with E-state index >= 15 is 0 Å². The number of aromatic amines is 1. The molecule has 6 heterocycles. The van der Waals surface area contributed by atoms with Gasteiger partial charge in [-0.3, -0.25) is 4.79 Å². The Kier molecular flexibility index (Phi) is 5.06. The van der Waals surface area contributed by atoms with Crippen molar-refractivity contribution in [3.8, 4) is 11.6 Å². The lowest BCUT2D eigenvalue weighted by Gasteiger charge is -2.32. The molecule has 1 amide bonds. The van der Waals surface area contributed by atoms with Crippen LogP contribution in [0.2, 0.25) is 0 Å². The molecule has 0 bridgehead atoms. The van der Waals surface area contributed by atoms with E-state index in [4.69, 9.17) is 4.42 Å². The highest BCUT2D eigenvalue weighted by molar-refractivity contribution is 5.90. The monoisotopic (exact) mass is 519 g/mol. The number of fused-ring (bicyclic) bond motifs is 2. The number of aromatic nitrogens is 8. The second-order valence-electron chi connectivity index (χ2n) is 8.11. The summed E-state index contributed by atoms with van der Waals surface area (Å²) in [7, 11) is 0. The molecule has 0 radical (unpaired) electrons. The van der Waals surface area contributed by atoms with Crippen molar-refractivity contribution >= 4 is 11.4 Å². The van der Waals surface area contributed by atoms with Gasteiger partial charge in [-0.2, -0.15) is 14.9 Å². The number of carbonyl (C=O) groups excluding carboxylic acids is 1. The molecule has 1 atom stereocenters. The van der Waals surface area contributed by atoms with Crippen molar-refractivity contribution in [2.24, 2.45) is 0 Å². The van der Waals surface area contributed by atoms with Gasteiger partial charge < -0.3 is 14.3 Å². The Morgan fingerprint density at radius 1 is 1.16 bits per heavy atom. The molecular formula is C21H14F5N9O2. The van der Waals surface area contributed by atoms with Gasteiger partial charge >= 0.3 is 18.1 Å². The average molecular weight is 519 g/mol. The highest BCUT2D eigenvalue weighted by atomic mass is 19.4. The van der Waals surface area contributed by atoms with Gasteiger partial charge in [0.15, 0.2) is 0 Å². The Morgan fingerprint density at radius 2 is 2.00 bits per heavy atom. The Hall–Kier alpha value is -4.63. The van der Waals surface area contributed by atoms with Gasteiger partial charge in [0, 0.05) is 36.6 Å². The molecule has 0 spiro atoms. The van der Waals surface area contributed by atoms with Crippen LogP contribution in [0.5, 0.6) is 0 Å². The molecule has 37 heavy (non-hydrogen) atoms. The van der Waals surface area contributed by atoms with E-state index in [0.29, 0.717) is 18.3 Å². The predicted molar refractivity (Wildman–Crippen MR) is 112 cm³/mol. The van der Waals surface area contributed by atoms with Crippen LogP contribution in [0.25, 0.3) is 17.1 Å². The number of nitrogens with one attached hydrogen (secondary N) is 1. The van der Waals surface area contributed by atoms with Crippen LogP contribution in [0.15, 0.2) is 47.4 Å². The number of hydrogen-bond donors (Lipinski definition) is 1. The van der Waals surface area contributed by atoms with E-state index in [0.717, 1.165) is 11.8 Å². The first kappa shape index (κ1) is 22.8. The number of pyridine rings is 1. The lowest BCUT2D eigenvalue weighted by atomic mass is 9.99. The molecule has 0 unspecified atom stereocenters. The molecule has 0 saturated heterocycles. The lowest BCUT2D eigenvalue weighted by Crippen LogP contribution is -2.41. The van der Waals surface area contributed by atoms with Gasteiger partial charge in [0.25, 0.3) is 12.3 Å². The Balaban J connectivity index is 1.37. The first-order chi connectivity index (χ1) is 17.7. The topological polar surface area (TPSA) is 123 Å². The first-order valence-electron chi connectivity index (χ1n) is 10.8. The SMILES string of the molecule is O=C(c1nnc(-c2ccn(C(F)(F)F)n2)o1)N1CCc2[nH]cnc2[C@@H]1c1cc2c(C(F)F)cccn2n1. The predicted octanol–water partition coefficient (Wildman–Crippen LogP) is 3.51. The minimum absolute atomic E-state index is 0.161. The minimum Gasteiger partial charge on any atom is -0.411 e. The molecule has 6 rings (SSSR count). The highest BCUT2D eigenvalue weighted by Gasteiger charge is 2.39. The third-order valence-electron chi connectivity index (χ3n) is 5.93. The number of H-pyrrole nitrogens is 1. The van der Waals surface area contributed by atoms with E-state index in [9.17, 15) is 26.7 Å². The Bertz CT molecular complexity index is 1620. The molecule has 5 aromatic rings. The summed E-state index contributed by atoms with van der Waals surface area (Å²) in [6.45, 7) is 0.161. The average Bonchev–Trinajstić information content (AvgIpc) is 3.66. The molecule has 16 heteroatoms. The lowest BCUT2D eigenvalue weighted by molar-refractivity contribution is -0.212. The van der Waals surface area contributed by atoms with Crippen LogP contribution in [0.3, 0.4) is 0 Å². The van der Waals surface area contributed by atoms with Crippen molar-refractivity contribution in [1.29, 1.82) is 0 Å². The van der Waals surface area contributed by atoms with Crippen molar-refractivity contribution in [3.63, 3.8) is 0 Å². The smallest absolute Gasteiger partial charge is 0.411 e. The zero-order valence-electron chi connectivity index (χ0n) is 18.4. The fourth-order valence-corrected chi connectivity index (χ4v) is 4.28. The molecule has 0 aliphatic carbocycles. The van der Waals surface area contributed by atoms with Gasteiger partial charge in [0.2, 0.25) is 0 Å². The normalized spacial score (nSPS) is 16.1. The number of rotatable bonds is 4. The molecule has 5 aromatic heterocycles. The summed E-state index contributed by atoms with van der Waals surface area (Å²) in [6.07, 6.45) is -3.45. The summed E-state index contributed by atoms with van der Waals surface area (Å²) in [4.78, 5) is 22.1. The van der Waals surface area contributed by atoms with E-state index < -0.39 is 30.6 Å². The summed E-state index contributed by atoms with van der Waals surface area (Å²) in [5.41, 5.74) is 1.15. The second kappa shape index (κ2) is 8.21. The number of imidazole rings is 1. The number of halogens is 5. The van der Waals surface area contributed by atoms with Gasteiger partial charge in [-0.25, -0.2) is 18.3 Å². The van der Waals surface area contributed by atoms with Crippen LogP contribution in [-0.2, 0) is 12.7 Å². The number of nitrogens with zero attached hydrogens (tertiary/aromatic N) is 8. The van der Waals surface area contributed by atoms with Crippen molar-refractivity contribution in [1.82, 2.24) is 44.5 Å². The maximum atomic E-state index is 13.6. The number of carbonyl (C=O) groups is 1. The summed E-state index contributed by atoms with van der Waals surface area (Å²) in [5, 5.41) is 15.1. The molecule has 0 fully saturated rings. The van der Waals surface area contributed by atoms with Gasteiger partial charge in [0.1, 0.15) is 11.7 Å². The fourth-order valence-electron chi connectivity index (χ4n) is 4.28. The van der Waals surface area contributed by atoms with Crippen molar-refractivity contribution in [2.45, 2.75) is 25.2 Å². The zero-order valence-corrected chi connectivity index (χ0v) is 18.4. The van der Waals surface area contributed by atoms with E-state index in [1.54, 1.807) is 0 Å². The van der Waals surface area contributed by atoms with Crippen molar-refractivity contribution in [3.05, 3.63) is 71.5 Å². The van der Waals surface area contributed by atoms with Gasteiger partial charge in [-0.1, -0.05) is 0 Å². The number of alkyl halides is 5. The van der Waals surface area contributed by atoms with Crippen LogP contribution in [0, 0.1) is 0 Å². The summed E-state index contributed by atoms with van der Waals surface area (Å²) in [5.74, 6) is -1.61. The first-order valence-corrected chi connectivity index (χ1v) is 10.8. The van der Waals surface area contributed by atoms with Crippen molar-refractivity contribution < 1.29 is 31.2 Å². The van der Waals surface area contributed by atoms with Crippen LogP contribution >= 0.6 is 0 Å². The molecule has 190 valence electrons. The quantitative estimate of drug-likeness (QED) is 0.361. The summed E-state index contributed by atoms with van der Waals surface area (Å²) in [6, 6.07) is 4.32. The molecule has 0 saturated carbocycles. The van der Waals surface area contributed by atoms with Crippen LogP contribution in [-0.4, -0.2) is 56.9 Å². The third-order valence-corrected chi connectivity index (χ3v) is 5.93. The van der Waals surface area contributed by atoms with Crippen molar-refractivity contribution in [2.75, 3.05) is 6.54 Å². The highest BCUT2D eigenvalue weighted by Crippen LogP contribution is 2.35. The van der Waals surface area contributed by atoms with Gasteiger partial charge in [-0.05, 0) is 24.3 Å². The van der Waals surface area contributed by atoms with E-state index in [1.165, 1.54) is 40.1 Å². The molecule has 1 aliphatic rings. The maximum absolute atomic E-state index is 13.6. The molecular weight excluding hydrogens is 505 g/mol. The maximum Gasteiger partial charge on any atom is 0.504 e. The van der Waals surface area contributed by atoms with E-state index in [1.807, 2.05) is 0 Å². The Labute approximate surface area is 202 Å². The van der Waals surface area contributed by atoms with Crippen LogP contribution < -0.4 is 0 Å². The van der Waals surface area contributed by atoms with Gasteiger partial charge in [0.05, 0.1) is 23.2 Å². The standard InChI is InChI=1S/C21H14F5N9O2/c22-17(23)10-2-1-5-34-14(10)8-13(31-34)16-15-11(27-9-28-15)3-6-33(16)20(36)19-30-29-18(37-19)12-4-7-35(32-12)21(24,25)26/h1-2,4-5,7-9,16-17H,3,6H2,(H,27,28)/t16-/m0/s1. The number of hydrogen-bond acceptors (Lipinski definition) is 7. The molecule has 11 nitrogen and oxygen atoms in total. The third kappa shape index (κ3) is 3.80. The largest absolute Gasteiger partial charge is 0.504 e.